The van der Waals surface area contributed by atoms with E-state index < -0.39 is 0 Å². The number of carbonyl (C=O) groups is 1. The Bertz CT molecular complexity index is 109. The summed E-state index contributed by atoms with van der Waals surface area (Å²) in [5.41, 5.74) is 0. The van der Waals surface area contributed by atoms with E-state index >= 15 is 0 Å². The molecule has 0 heterocycles. The monoisotopic (exact) mass is 289 g/mol. The Morgan fingerprint density at radius 3 is 2.45 bits per heavy atom. The van der Waals surface area contributed by atoms with E-state index in [-0.39, 0.29) is 21.9 Å². The fourth-order valence-electron chi connectivity index (χ4n) is 0.234. The third kappa shape index (κ3) is 25.1. The van der Waals surface area contributed by atoms with Gasteiger partial charge in [0.1, 0.15) is 0 Å². The number of ether oxygens (including phenoxy) is 1. The van der Waals surface area contributed by atoms with Crippen molar-refractivity contribution in [3.05, 3.63) is 19.1 Å². The maximum atomic E-state index is 10.0. The number of halogens is 2. The first kappa shape index (κ1) is 14.0. The molecule has 0 fully saturated rings. The molecule has 0 saturated heterocycles. The number of esters is 1. The molecule has 0 amide bonds. The Morgan fingerprint density at radius 2 is 2.18 bits per heavy atom. The van der Waals surface area contributed by atoms with Gasteiger partial charge in [-0.3, -0.25) is 4.79 Å². The maximum absolute atomic E-state index is 10.0. The van der Waals surface area contributed by atoms with Gasteiger partial charge in [0.05, 0.1) is 6.61 Å². The van der Waals surface area contributed by atoms with Crippen LogP contribution in [0.5, 0.6) is 0 Å². The average molecular weight is 290 g/mol. The summed E-state index contributed by atoms with van der Waals surface area (Å²) in [4.78, 5) is 10.0. The van der Waals surface area contributed by atoms with Crippen molar-refractivity contribution in [2.75, 3.05) is 6.61 Å². The second-order valence-electron chi connectivity index (χ2n) is 1.32. The molecule has 0 rings (SSSR count). The van der Waals surface area contributed by atoms with E-state index in [9.17, 15) is 4.79 Å². The van der Waals surface area contributed by atoms with Crippen molar-refractivity contribution >= 4 is 25.0 Å². The minimum absolute atomic E-state index is 0.106. The van der Waals surface area contributed by atoms with Gasteiger partial charge in [-0.15, -0.1) is 6.58 Å². The first-order chi connectivity index (χ1) is 5.18. The van der Waals surface area contributed by atoms with E-state index in [1.165, 1.54) is 6.92 Å². The molecule has 69 valence electrons. The molecule has 11 heavy (non-hydrogen) atoms. The molecule has 0 spiro atoms. The quantitative estimate of drug-likeness (QED) is 0.453. The van der Waals surface area contributed by atoms with E-state index in [2.05, 4.69) is 11.3 Å². The molecule has 2 nitrogen and oxygen atoms in total. The van der Waals surface area contributed by atoms with Crippen molar-refractivity contribution in [2.45, 2.75) is 6.92 Å². The number of rotatable bonds is 3. The fraction of sp³-hybridized carbons (Fsp3) is 0.333. The predicted molar refractivity (Wildman–Crippen MR) is 42.8 cm³/mol. The van der Waals surface area contributed by atoms with Crippen LogP contribution in [0, 0.1) is 6.42 Å². The summed E-state index contributed by atoms with van der Waals surface area (Å²) in [5, 5.41) is 0. The van der Waals surface area contributed by atoms with E-state index in [0.717, 1.165) is 0 Å². The topological polar surface area (TPSA) is 26.3 Å². The van der Waals surface area contributed by atoms with Gasteiger partial charge in [0, 0.05) is 13.3 Å². The zero-order valence-corrected chi connectivity index (χ0v) is 9.02. The number of hydrogen-bond acceptors (Lipinski definition) is 2. The van der Waals surface area contributed by atoms with Crippen LogP contribution >= 0.6 is 19.1 Å². The van der Waals surface area contributed by atoms with Crippen LogP contribution in [-0.2, 0) is 25.5 Å². The molecule has 0 bridgehead atoms. The molecule has 0 aromatic heterocycles. The van der Waals surface area contributed by atoms with Gasteiger partial charge in [0.15, 0.2) is 0 Å². The molecule has 0 aliphatic heterocycles. The molecule has 0 aliphatic carbocycles. The number of carbonyl (C=O) groups excluding carboxylic acids is 1. The molecule has 0 aromatic rings. The van der Waals surface area contributed by atoms with Crippen molar-refractivity contribution in [3.8, 4) is 0 Å². The van der Waals surface area contributed by atoms with Crippen molar-refractivity contribution in [1.29, 1.82) is 0 Å². The van der Waals surface area contributed by atoms with Crippen LogP contribution in [0.4, 0.5) is 0 Å². The molecule has 0 unspecified atom stereocenters. The molecule has 5 heteroatoms. The SMILES string of the molecule is C=C[CH]COC(C)=O.[Cl][Pd][Cl]. The van der Waals surface area contributed by atoms with Crippen molar-refractivity contribution < 1.29 is 25.5 Å². The molecule has 0 N–H and O–H groups in total. The minimum atomic E-state index is -0.261. The standard InChI is InChI=1S/C6H9O2.2ClH.Pd/c1-3-4-5-8-6(2)7;;;/h3-4H,1,5H2,2H3;2*1H;/q;;;+2/p-2. The zero-order chi connectivity index (χ0) is 9.11. The van der Waals surface area contributed by atoms with Gasteiger partial charge in [-0.1, -0.05) is 6.08 Å². The first-order valence-corrected chi connectivity index (χ1v) is 6.59. The summed E-state index contributed by atoms with van der Waals surface area (Å²) in [7, 11) is 9.63. The third-order valence-corrected chi connectivity index (χ3v) is 0.549. The van der Waals surface area contributed by atoms with Gasteiger partial charge in [0.2, 0.25) is 0 Å². The van der Waals surface area contributed by atoms with Gasteiger partial charge < -0.3 is 4.74 Å². The van der Waals surface area contributed by atoms with Crippen LogP contribution in [-0.4, -0.2) is 12.6 Å². The van der Waals surface area contributed by atoms with Gasteiger partial charge >= 0.3 is 41.0 Å². The fourth-order valence-corrected chi connectivity index (χ4v) is 0.234. The predicted octanol–water partition coefficient (Wildman–Crippen LogP) is 2.32. The van der Waals surface area contributed by atoms with Crippen molar-refractivity contribution in [3.63, 3.8) is 0 Å². The Kier molecular flexibility index (Phi) is 16.6. The van der Waals surface area contributed by atoms with Crippen LogP contribution in [0.3, 0.4) is 0 Å². The zero-order valence-electron chi connectivity index (χ0n) is 5.96. The summed E-state index contributed by atoms with van der Waals surface area (Å²) < 4.78 is 4.52. The van der Waals surface area contributed by atoms with Crippen molar-refractivity contribution in [1.82, 2.24) is 0 Å². The molecular weight excluding hydrogens is 281 g/mol. The van der Waals surface area contributed by atoms with E-state index in [4.69, 9.17) is 19.1 Å². The van der Waals surface area contributed by atoms with Gasteiger partial charge in [0.25, 0.3) is 0 Å². The molecule has 1 radical (unpaired) electrons. The van der Waals surface area contributed by atoms with E-state index in [1.807, 2.05) is 0 Å². The van der Waals surface area contributed by atoms with Crippen LogP contribution in [0.25, 0.3) is 0 Å². The Balaban J connectivity index is 0. The summed E-state index contributed by atoms with van der Waals surface area (Å²) in [6, 6.07) is 0. The van der Waals surface area contributed by atoms with Gasteiger partial charge in [-0.05, 0) is 0 Å². The van der Waals surface area contributed by atoms with E-state index in [1.54, 1.807) is 12.5 Å². The molecule has 0 atom stereocenters. The van der Waals surface area contributed by atoms with Crippen LogP contribution < -0.4 is 0 Å². The van der Waals surface area contributed by atoms with Gasteiger partial charge in [-0.25, -0.2) is 0 Å². The molecule has 0 saturated carbocycles. The third-order valence-electron chi connectivity index (χ3n) is 0.549. The second kappa shape index (κ2) is 13.1. The van der Waals surface area contributed by atoms with Gasteiger partial charge in [-0.2, -0.15) is 0 Å². The molecular formula is C6H9Cl2O2Pd. The molecule has 0 aromatic carbocycles. The summed E-state index contributed by atoms with van der Waals surface area (Å²) in [6.45, 7) is 5.11. The van der Waals surface area contributed by atoms with E-state index in [0.29, 0.717) is 6.61 Å². The van der Waals surface area contributed by atoms with Crippen LogP contribution in [0.2, 0.25) is 0 Å². The Hall–Kier alpha value is 0.452. The summed E-state index contributed by atoms with van der Waals surface area (Å²) in [6.07, 6.45) is 3.25. The summed E-state index contributed by atoms with van der Waals surface area (Å²) in [5.74, 6) is -0.261. The second-order valence-corrected chi connectivity index (χ2v) is 3.68. The summed E-state index contributed by atoms with van der Waals surface area (Å²) >= 11 is -0.106. The first-order valence-electron chi connectivity index (χ1n) is 2.59. The Labute approximate surface area is 83.0 Å². The van der Waals surface area contributed by atoms with Crippen LogP contribution in [0.1, 0.15) is 6.92 Å². The average Bonchev–Trinajstić information content (AvgIpc) is 1.89. The Morgan fingerprint density at radius 1 is 1.73 bits per heavy atom. The van der Waals surface area contributed by atoms with Crippen LogP contribution in [0.15, 0.2) is 12.7 Å². The van der Waals surface area contributed by atoms with Crippen molar-refractivity contribution in [2.24, 2.45) is 0 Å². The molecule has 0 aliphatic rings. The number of hydrogen-bond donors (Lipinski definition) is 0. The normalized spacial score (nSPS) is 7.91.